The Bertz CT molecular complexity index is 656. The highest BCUT2D eigenvalue weighted by Crippen LogP contribution is 2.44. The highest BCUT2D eigenvalue weighted by Gasteiger charge is 2.49. The fourth-order valence-corrected chi connectivity index (χ4v) is 3.14. The molecule has 1 aliphatic heterocycles. The lowest BCUT2D eigenvalue weighted by Crippen LogP contribution is -2.41. The number of fused-ring (bicyclic) bond motifs is 1. The Hall–Kier alpha value is -1.95. The first kappa shape index (κ1) is 15.0. The molecule has 1 heterocycles. The zero-order valence-corrected chi connectivity index (χ0v) is 12.1. The van der Waals surface area contributed by atoms with Gasteiger partial charge in [0, 0.05) is 18.6 Å². The number of carbonyl (C=O) groups excluding carboxylic acids is 1. The van der Waals surface area contributed by atoms with Gasteiger partial charge < -0.3 is 14.6 Å². The van der Waals surface area contributed by atoms with Crippen molar-refractivity contribution < 1.29 is 28.2 Å². The van der Waals surface area contributed by atoms with Crippen molar-refractivity contribution in [2.75, 3.05) is 6.79 Å². The molecule has 0 saturated carbocycles. The van der Waals surface area contributed by atoms with E-state index in [4.69, 9.17) is 9.47 Å². The van der Waals surface area contributed by atoms with Crippen molar-refractivity contribution in [3.8, 4) is 5.75 Å². The minimum atomic E-state index is -0.862. The van der Waals surface area contributed by atoms with E-state index >= 15 is 0 Å². The molecule has 22 heavy (non-hydrogen) atoms. The van der Waals surface area contributed by atoms with E-state index in [0.717, 1.165) is 12.1 Å². The largest absolute Gasteiger partial charge is 0.505 e. The van der Waals surface area contributed by atoms with Gasteiger partial charge in [0.25, 0.3) is 0 Å². The average Bonchev–Trinajstić information content (AvgIpc) is 2.88. The van der Waals surface area contributed by atoms with Crippen molar-refractivity contribution in [1.82, 2.24) is 0 Å². The van der Waals surface area contributed by atoms with Crippen LogP contribution in [0.15, 0.2) is 24.0 Å². The van der Waals surface area contributed by atoms with Crippen molar-refractivity contribution in [1.29, 1.82) is 0 Å². The van der Waals surface area contributed by atoms with Gasteiger partial charge in [-0.25, -0.2) is 8.78 Å². The van der Waals surface area contributed by atoms with Crippen LogP contribution in [0.1, 0.15) is 25.3 Å². The van der Waals surface area contributed by atoms with E-state index in [1.165, 1.54) is 6.08 Å². The van der Waals surface area contributed by atoms with Gasteiger partial charge in [0.1, 0.15) is 17.2 Å². The lowest BCUT2D eigenvalue weighted by molar-refractivity contribution is -0.117. The maximum atomic E-state index is 13.9. The second kappa shape index (κ2) is 5.35. The van der Waals surface area contributed by atoms with E-state index in [2.05, 4.69) is 0 Å². The molecule has 0 spiro atoms. The number of phenolic OH excluding ortho intramolecular Hbond substituents is 1. The number of aromatic hydroxyl groups is 1. The van der Waals surface area contributed by atoms with Gasteiger partial charge in [-0.15, -0.1) is 0 Å². The van der Waals surface area contributed by atoms with Crippen LogP contribution < -0.4 is 0 Å². The summed E-state index contributed by atoms with van der Waals surface area (Å²) in [6.07, 6.45) is 2.43. The van der Waals surface area contributed by atoms with Gasteiger partial charge in [0.15, 0.2) is 24.1 Å². The predicted molar refractivity (Wildman–Crippen MR) is 73.0 cm³/mol. The van der Waals surface area contributed by atoms with Crippen LogP contribution in [0.3, 0.4) is 0 Å². The van der Waals surface area contributed by atoms with Crippen molar-refractivity contribution >= 4 is 5.78 Å². The topological polar surface area (TPSA) is 55.8 Å². The van der Waals surface area contributed by atoms with Gasteiger partial charge in [-0.05, 0) is 30.4 Å². The van der Waals surface area contributed by atoms with E-state index in [0.29, 0.717) is 18.6 Å². The molecular formula is C16H16F2O4. The number of hydrogen-bond acceptors (Lipinski definition) is 4. The number of allylic oxidation sites excluding steroid dienone is 1. The Kier molecular flexibility index (Phi) is 3.64. The van der Waals surface area contributed by atoms with Crippen molar-refractivity contribution in [2.45, 2.75) is 31.8 Å². The maximum Gasteiger partial charge on any atom is 0.189 e. The molecule has 2 aliphatic rings. The van der Waals surface area contributed by atoms with Crippen molar-refractivity contribution in [2.24, 2.45) is 5.92 Å². The zero-order chi connectivity index (χ0) is 15.9. The molecule has 1 saturated heterocycles. The molecule has 0 aromatic heterocycles. The molecule has 0 amide bonds. The summed E-state index contributed by atoms with van der Waals surface area (Å²) >= 11 is 0. The molecule has 2 atom stereocenters. The molecule has 118 valence electrons. The summed E-state index contributed by atoms with van der Waals surface area (Å²) in [5.74, 6) is -2.01. The first-order valence-corrected chi connectivity index (χ1v) is 7.11. The highest BCUT2D eigenvalue weighted by molar-refractivity contribution is 5.91. The quantitative estimate of drug-likeness (QED) is 0.933. The first-order chi connectivity index (χ1) is 10.4. The third kappa shape index (κ3) is 2.37. The second-order valence-corrected chi connectivity index (χ2v) is 5.77. The van der Waals surface area contributed by atoms with Crippen LogP contribution >= 0.6 is 0 Å². The molecule has 0 unspecified atom stereocenters. The van der Waals surface area contributed by atoms with Gasteiger partial charge >= 0.3 is 0 Å². The Morgan fingerprint density at radius 2 is 2.14 bits per heavy atom. The molecule has 0 radical (unpaired) electrons. The summed E-state index contributed by atoms with van der Waals surface area (Å²) in [6.45, 7) is 1.90. The van der Waals surface area contributed by atoms with Gasteiger partial charge in [-0.3, -0.25) is 4.79 Å². The Balaban J connectivity index is 1.88. The van der Waals surface area contributed by atoms with E-state index in [-0.39, 0.29) is 30.5 Å². The fourth-order valence-electron chi connectivity index (χ4n) is 3.14. The van der Waals surface area contributed by atoms with Crippen molar-refractivity contribution in [3.63, 3.8) is 0 Å². The van der Waals surface area contributed by atoms with E-state index in [1.807, 2.05) is 6.92 Å². The third-order valence-corrected chi connectivity index (χ3v) is 4.42. The van der Waals surface area contributed by atoms with Crippen LogP contribution in [0, 0.1) is 17.6 Å². The lowest BCUT2D eigenvalue weighted by Gasteiger charge is -2.35. The number of rotatable bonds is 3. The summed E-state index contributed by atoms with van der Waals surface area (Å²) in [7, 11) is 0. The smallest absolute Gasteiger partial charge is 0.189 e. The fraction of sp³-hybridized carbons (Fsp3) is 0.438. The number of ether oxygens (including phenoxy) is 2. The number of benzene rings is 1. The number of ketones is 1. The lowest BCUT2D eigenvalue weighted by atomic mass is 9.76. The third-order valence-electron chi connectivity index (χ3n) is 4.42. The van der Waals surface area contributed by atoms with Crippen molar-refractivity contribution in [3.05, 3.63) is 41.2 Å². The van der Waals surface area contributed by atoms with Crippen LogP contribution in [0.2, 0.25) is 0 Å². The number of halogens is 2. The second-order valence-electron chi connectivity index (χ2n) is 5.77. The molecular weight excluding hydrogens is 294 g/mol. The average molecular weight is 310 g/mol. The van der Waals surface area contributed by atoms with Crippen LogP contribution in [0.4, 0.5) is 8.78 Å². The van der Waals surface area contributed by atoms with Crippen LogP contribution in [-0.4, -0.2) is 23.3 Å². The number of hydrogen-bond donors (Lipinski definition) is 1. The molecule has 1 fully saturated rings. The van der Waals surface area contributed by atoms with E-state index in [9.17, 15) is 18.7 Å². The zero-order valence-electron chi connectivity index (χ0n) is 12.1. The van der Waals surface area contributed by atoms with Crippen LogP contribution in [-0.2, 0) is 20.7 Å². The molecule has 6 heteroatoms. The van der Waals surface area contributed by atoms with Gasteiger partial charge in [-0.2, -0.15) is 0 Å². The van der Waals surface area contributed by atoms with Crippen LogP contribution in [0.25, 0.3) is 0 Å². The van der Waals surface area contributed by atoms with E-state index < -0.39 is 23.0 Å². The monoisotopic (exact) mass is 310 g/mol. The highest BCUT2D eigenvalue weighted by atomic mass is 19.1. The minimum absolute atomic E-state index is 0.0230. The summed E-state index contributed by atoms with van der Waals surface area (Å²) in [5.41, 5.74) is -0.613. The van der Waals surface area contributed by atoms with Gasteiger partial charge in [-0.1, -0.05) is 6.92 Å². The normalized spacial score (nSPS) is 25.4. The van der Waals surface area contributed by atoms with Gasteiger partial charge in [0.2, 0.25) is 0 Å². The molecule has 1 aromatic rings. The molecule has 3 rings (SSSR count). The number of phenols is 1. The SMILES string of the molecule is C[C@@H](Cc1cc(F)c(O)cc1F)[C@]12CCC(=O)C=C1OCO2. The molecule has 1 aromatic carbocycles. The minimum Gasteiger partial charge on any atom is -0.505 e. The van der Waals surface area contributed by atoms with E-state index in [1.54, 1.807) is 0 Å². The molecule has 1 aliphatic carbocycles. The van der Waals surface area contributed by atoms with Gasteiger partial charge in [0.05, 0.1) is 0 Å². The molecule has 0 bridgehead atoms. The molecule has 1 N–H and O–H groups in total. The predicted octanol–water partition coefficient (Wildman–Crippen LogP) is 2.84. The summed E-state index contributed by atoms with van der Waals surface area (Å²) < 4.78 is 38.4. The number of carbonyl (C=O) groups is 1. The summed E-state index contributed by atoms with van der Waals surface area (Å²) in [5, 5.41) is 9.18. The maximum absolute atomic E-state index is 13.9. The Morgan fingerprint density at radius 3 is 2.91 bits per heavy atom. The molecule has 4 nitrogen and oxygen atoms in total. The first-order valence-electron chi connectivity index (χ1n) is 7.11. The Labute approximate surface area is 126 Å². The standard InChI is InChI=1S/C16H16F2O4/c1-9(4-10-5-13(18)14(20)7-12(10)17)16-3-2-11(19)6-15(16)21-8-22-16/h5-7,9,20H,2-4,8H2,1H3/t9-,16+/m0/s1. The summed E-state index contributed by atoms with van der Waals surface area (Å²) in [6, 6.07) is 1.76. The Morgan fingerprint density at radius 1 is 1.36 bits per heavy atom. The summed E-state index contributed by atoms with van der Waals surface area (Å²) in [4.78, 5) is 11.5. The van der Waals surface area contributed by atoms with Crippen LogP contribution in [0.5, 0.6) is 5.75 Å².